The summed E-state index contributed by atoms with van der Waals surface area (Å²) in [6.45, 7) is 3.37. The van der Waals surface area contributed by atoms with E-state index in [1.54, 1.807) is 7.11 Å². The molecule has 3 rings (SSSR count). The molecule has 6 heteroatoms. The summed E-state index contributed by atoms with van der Waals surface area (Å²) in [4.78, 5) is 8.73. The lowest BCUT2D eigenvalue weighted by Crippen LogP contribution is -2.06. The molecule has 3 aromatic rings. The number of ether oxygens (including phenoxy) is 3. The molecule has 2 aromatic carbocycles. The number of benzene rings is 2. The molecule has 138 valence electrons. The second kappa shape index (κ2) is 8.88. The zero-order valence-electron chi connectivity index (χ0n) is 15.4. The molecule has 0 bridgehead atoms. The van der Waals surface area contributed by atoms with Crippen LogP contribution in [0.3, 0.4) is 0 Å². The molecule has 0 saturated carbocycles. The molecule has 1 heterocycles. The predicted octanol–water partition coefficient (Wildman–Crippen LogP) is 3.78. The molecule has 0 amide bonds. The molecule has 0 aliphatic carbocycles. The first-order valence-corrected chi connectivity index (χ1v) is 8.62. The van der Waals surface area contributed by atoms with Crippen LogP contribution < -0.4 is 14.8 Å². The van der Waals surface area contributed by atoms with Crippen molar-refractivity contribution in [1.29, 1.82) is 0 Å². The maximum absolute atomic E-state index is 5.77. The summed E-state index contributed by atoms with van der Waals surface area (Å²) in [5.74, 6) is 4.55. The van der Waals surface area contributed by atoms with E-state index in [0.717, 1.165) is 22.2 Å². The highest BCUT2D eigenvalue weighted by molar-refractivity contribution is 5.93. The average molecular weight is 363 g/mol. The number of aromatic nitrogens is 2. The molecule has 27 heavy (non-hydrogen) atoms. The molecule has 0 atom stereocenters. The zero-order valence-corrected chi connectivity index (χ0v) is 15.4. The normalized spacial score (nSPS) is 10.4. The predicted molar refractivity (Wildman–Crippen MR) is 106 cm³/mol. The molecule has 0 aliphatic rings. The van der Waals surface area contributed by atoms with Crippen LogP contribution in [0.4, 0.5) is 11.5 Å². The summed E-state index contributed by atoms with van der Waals surface area (Å²) in [6.07, 6.45) is 6.99. The first kappa shape index (κ1) is 18.5. The highest BCUT2D eigenvalue weighted by atomic mass is 16.5. The maximum atomic E-state index is 5.77. The van der Waals surface area contributed by atoms with Crippen LogP contribution in [0.2, 0.25) is 0 Å². The van der Waals surface area contributed by atoms with Gasteiger partial charge < -0.3 is 19.5 Å². The van der Waals surface area contributed by atoms with Gasteiger partial charge in [-0.25, -0.2) is 9.97 Å². The molecule has 0 saturated heterocycles. The molecular weight excluding hydrogens is 342 g/mol. The third-order valence-corrected chi connectivity index (χ3v) is 3.84. The maximum Gasteiger partial charge on any atom is 0.163 e. The molecule has 0 aliphatic heterocycles. The van der Waals surface area contributed by atoms with E-state index in [2.05, 4.69) is 21.2 Å². The Morgan fingerprint density at radius 1 is 1.07 bits per heavy atom. The van der Waals surface area contributed by atoms with Gasteiger partial charge in [0, 0.05) is 29.8 Å². The van der Waals surface area contributed by atoms with E-state index in [1.165, 1.54) is 6.33 Å². The van der Waals surface area contributed by atoms with Crippen molar-refractivity contribution < 1.29 is 14.2 Å². The molecule has 1 aromatic heterocycles. The van der Waals surface area contributed by atoms with Crippen LogP contribution in [-0.4, -0.2) is 36.9 Å². The second-order valence-corrected chi connectivity index (χ2v) is 5.66. The minimum Gasteiger partial charge on any atom is -0.490 e. The van der Waals surface area contributed by atoms with Crippen LogP contribution in [0.25, 0.3) is 10.9 Å². The summed E-state index contributed by atoms with van der Waals surface area (Å²) in [7, 11) is 1.63. The van der Waals surface area contributed by atoms with Gasteiger partial charge in [0.2, 0.25) is 0 Å². The lowest BCUT2D eigenvalue weighted by atomic mass is 10.2. The first-order chi connectivity index (χ1) is 13.2. The largest absolute Gasteiger partial charge is 0.490 e. The number of nitrogens with zero attached hydrogens (tertiary/aromatic N) is 2. The van der Waals surface area contributed by atoms with Crippen LogP contribution >= 0.6 is 0 Å². The molecule has 6 nitrogen and oxygen atoms in total. The third-order valence-electron chi connectivity index (χ3n) is 3.84. The number of anilines is 2. The molecule has 0 fully saturated rings. The summed E-state index contributed by atoms with van der Waals surface area (Å²) < 4.78 is 16.6. The molecule has 0 radical (unpaired) electrons. The Morgan fingerprint density at radius 2 is 1.93 bits per heavy atom. The number of hydrogen-bond acceptors (Lipinski definition) is 6. The van der Waals surface area contributed by atoms with Gasteiger partial charge in [-0.1, -0.05) is 12.0 Å². The van der Waals surface area contributed by atoms with Gasteiger partial charge in [0.25, 0.3) is 0 Å². The Hall–Kier alpha value is -3.30. The van der Waals surface area contributed by atoms with Gasteiger partial charge in [-0.05, 0) is 31.2 Å². The van der Waals surface area contributed by atoms with Crippen LogP contribution in [0, 0.1) is 12.3 Å². The summed E-state index contributed by atoms with van der Waals surface area (Å²) >= 11 is 0. The smallest absolute Gasteiger partial charge is 0.163 e. The first-order valence-electron chi connectivity index (χ1n) is 8.62. The van der Waals surface area contributed by atoms with Crippen molar-refractivity contribution in [3.05, 3.63) is 48.3 Å². The van der Waals surface area contributed by atoms with Gasteiger partial charge in [0.15, 0.2) is 11.5 Å². The Morgan fingerprint density at radius 3 is 2.70 bits per heavy atom. The minimum atomic E-state index is 0.428. The number of rotatable bonds is 8. The van der Waals surface area contributed by atoms with Gasteiger partial charge in [-0.3, -0.25) is 0 Å². The molecule has 0 spiro atoms. The van der Waals surface area contributed by atoms with Crippen LogP contribution in [0.15, 0.2) is 42.7 Å². The van der Waals surface area contributed by atoms with E-state index in [-0.39, 0.29) is 0 Å². The summed E-state index contributed by atoms with van der Waals surface area (Å²) in [5.41, 5.74) is 2.39. The summed E-state index contributed by atoms with van der Waals surface area (Å²) in [5, 5.41) is 4.12. The van der Waals surface area contributed by atoms with E-state index in [4.69, 9.17) is 20.6 Å². The molecule has 1 N–H and O–H groups in total. The van der Waals surface area contributed by atoms with Gasteiger partial charge >= 0.3 is 0 Å². The monoisotopic (exact) mass is 363 g/mol. The van der Waals surface area contributed by atoms with E-state index >= 15 is 0 Å². The van der Waals surface area contributed by atoms with E-state index < -0.39 is 0 Å². The number of terminal acetylenes is 1. The fourth-order valence-corrected chi connectivity index (χ4v) is 2.60. The topological polar surface area (TPSA) is 65.5 Å². The van der Waals surface area contributed by atoms with Gasteiger partial charge in [0.05, 0.1) is 18.7 Å². The number of nitrogens with one attached hydrogen (secondary N) is 1. The van der Waals surface area contributed by atoms with Crippen molar-refractivity contribution in [2.45, 2.75) is 6.92 Å². The SMILES string of the molecule is C#Cc1cccc(Nc2ncnc3cc(OCCOC)c(OCC)cc23)c1. The Kier molecular flexibility index (Phi) is 6.08. The fourth-order valence-electron chi connectivity index (χ4n) is 2.60. The van der Waals surface area contributed by atoms with Crippen LogP contribution in [-0.2, 0) is 4.74 Å². The van der Waals surface area contributed by atoms with Crippen LogP contribution in [0.5, 0.6) is 11.5 Å². The van der Waals surface area contributed by atoms with Gasteiger partial charge in [0.1, 0.15) is 18.8 Å². The Balaban J connectivity index is 1.98. The van der Waals surface area contributed by atoms with Crippen molar-refractivity contribution in [2.75, 3.05) is 32.2 Å². The van der Waals surface area contributed by atoms with E-state index in [0.29, 0.717) is 37.1 Å². The van der Waals surface area contributed by atoms with Crippen molar-refractivity contribution in [2.24, 2.45) is 0 Å². The van der Waals surface area contributed by atoms with Crippen molar-refractivity contribution in [3.63, 3.8) is 0 Å². The molecular formula is C21H21N3O3. The number of methoxy groups -OCH3 is 1. The average Bonchev–Trinajstić information content (AvgIpc) is 2.69. The second-order valence-electron chi connectivity index (χ2n) is 5.66. The zero-order chi connectivity index (χ0) is 19.1. The quantitative estimate of drug-likeness (QED) is 0.485. The third kappa shape index (κ3) is 4.46. The van der Waals surface area contributed by atoms with Gasteiger partial charge in [-0.2, -0.15) is 0 Å². The van der Waals surface area contributed by atoms with Crippen LogP contribution in [0.1, 0.15) is 12.5 Å². The lowest BCUT2D eigenvalue weighted by Gasteiger charge is -2.14. The van der Waals surface area contributed by atoms with Gasteiger partial charge in [-0.15, -0.1) is 6.42 Å². The van der Waals surface area contributed by atoms with E-state index in [9.17, 15) is 0 Å². The molecule has 0 unspecified atom stereocenters. The fraction of sp³-hybridized carbons (Fsp3) is 0.238. The highest BCUT2D eigenvalue weighted by Gasteiger charge is 2.12. The summed E-state index contributed by atoms with van der Waals surface area (Å²) in [6, 6.07) is 11.3. The standard InChI is InChI=1S/C21H21N3O3/c1-4-15-7-6-8-16(11-15)24-21-17-12-19(26-5-2)20(27-10-9-25-3)13-18(17)22-14-23-21/h1,6-8,11-14H,5,9-10H2,2-3H3,(H,22,23,24). The van der Waals surface area contributed by atoms with Crippen molar-refractivity contribution >= 4 is 22.4 Å². The van der Waals surface area contributed by atoms with Crippen molar-refractivity contribution in [3.8, 4) is 23.8 Å². The van der Waals surface area contributed by atoms with E-state index in [1.807, 2.05) is 43.3 Å². The Labute approximate surface area is 158 Å². The number of fused-ring (bicyclic) bond motifs is 1. The minimum absolute atomic E-state index is 0.428. The highest BCUT2D eigenvalue weighted by Crippen LogP contribution is 2.35. The lowest BCUT2D eigenvalue weighted by molar-refractivity contribution is 0.143. The number of hydrogen-bond donors (Lipinski definition) is 1. The van der Waals surface area contributed by atoms with Crippen molar-refractivity contribution in [1.82, 2.24) is 9.97 Å². The Bertz CT molecular complexity index is 967.